The normalized spacial score (nSPS) is 13.8. The van der Waals surface area contributed by atoms with Gasteiger partial charge in [0.2, 0.25) is 5.75 Å². The second-order valence-corrected chi connectivity index (χ2v) is 2.88. The van der Waals surface area contributed by atoms with Gasteiger partial charge in [-0.05, 0) is 12.1 Å². The van der Waals surface area contributed by atoms with Crippen LogP contribution in [0.3, 0.4) is 0 Å². The smallest absolute Gasteiger partial charge is 0.203 e. The molecule has 1 aromatic rings. The molecule has 0 spiro atoms. The minimum Gasteiger partial charge on any atom is -0.488 e. The third kappa shape index (κ3) is 1.75. The molecule has 0 unspecified atom stereocenters. The van der Waals surface area contributed by atoms with Gasteiger partial charge in [0.05, 0.1) is 0 Å². The minimum absolute atomic E-state index is 0.241. The summed E-state index contributed by atoms with van der Waals surface area (Å²) in [5, 5.41) is 0. The zero-order valence-corrected chi connectivity index (χ0v) is 7.79. The lowest BCUT2D eigenvalue weighted by molar-refractivity contribution is 0.162. The molecule has 4 nitrogen and oxygen atoms in total. The zero-order chi connectivity index (χ0) is 9.80. The molecule has 4 heteroatoms. The van der Waals surface area contributed by atoms with Gasteiger partial charge in [0.25, 0.3) is 0 Å². The summed E-state index contributed by atoms with van der Waals surface area (Å²) in [5.41, 5.74) is 6.99. The summed E-state index contributed by atoms with van der Waals surface area (Å²) in [6.45, 7) is 1.74. The van der Waals surface area contributed by atoms with Crippen molar-refractivity contribution in [2.75, 3.05) is 26.4 Å². The summed E-state index contributed by atoms with van der Waals surface area (Å²) < 4.78 is 16.2. The first-order valence-corrected chi connectivity index (χ1v) is 4.58. The molecule has 1 aliphatic heterocycles. The molecule has 0 saturated carbocycles. The highest BCUT2D eigenvalue weighted by Crippen LogP contribution is 2.38. The number of ether oxygens (including phenoxy) is 3. The van der Waals surface area contributed by atoms with Gasteiger partial charge in [-0.1, -0.05) is 6.07 Å². The molecule has 0 aliphatic carbocycles. The SMILES string of the molecule is [NH]CCOc1cccc2c1OCCO2. The maximum Gasteiger partial charge on any atom is 0.203 e. The van der Waals surface area contributed by atoms with Crippen molar-refractivity contribution in [2.45, 2.75) is 0 Å². The summed E-state index contributed by atoms with van der Waals surface area (Å²) in [7, 11) is 0. The quantitative estimate of drug-likeness (QED) is 0.724. The lowest BCUT2D eigenvalue weighted by atomic mass is 10.3. The van der Waals surface area contributed by atoms with E-state index in [1.807, 2.05) is 18.2 Å². The lowest BCUT2D eigenvalue weighted by Crippen LogP contribution is -2.16. The summed E-state index contributed by atoms with van der Waals surface area (Å²) in [6.07, 6.45) is 0. The molecule has 1 aromatic carbocycles. The number of nitrogens with one attached hydrogen (secondary N) is 1. The van der Waals surface area contributed by atoms with Crippen LogP contribution < -0.4 is 19.9 Å². The van der Waals surface area contributed by atoms with Gasteiger partial charge in [0, 0.05) is 6.54 Å². The summed E-state index contributed by atoms with van der Waals surface area (Å²) in [4.78, 5) is 0. The van der Waals surface area contributed by atoms with Crippen molar-refractivity contribution < 1.29 is 14.2 Å². The fourth-order valence-electron chi connectivity index (χ4n) is 1.32. The number of para-hydroxylation sites is 1. The zero-order valence-electron chi connectivity index (χ0n) is 7.79. The Labute approximate surface area is 82.6 Å². The standard InChI is InChI=1S/C10H12NO3/c11-4-5-12-8-2-1-3-9-10(8)14-7-6-13-9/h1-3,11H,4-7H2. The van der Waals surface area contributed by atoms with Gasteiger partial charge in [-0.15, -0.1) is 0 Å². The molecular formula is C10H12NO3. The van der Waals surface area contributed by atoms with Crippen molar-refractivity contribution in [2.24, 2.45) is 0 Å². The maximum absolute atomic E-state index is 6.99. The van der Waals surface area contributed by atoms with Gasteiger partial charge in [-0.3, -0.25) is 5.73 Å². The predicted molar refractivity (Wildman–Crippen MR) is 50.9 cm³/mol. The van der Waals surface area contributed by atoms with Crippen LogP contribution in [-0.4, -0.2) is 26.4 Å². The van der Waals surface area contributed by atoms with E-state index in [-0.39, 0.29) is 6.54 Å². The molecule has 1 radical (unpaired) electrons. The van der Waals surface area contributed by atoms with Gasteiger partial charge < -0.3 is 14.2 Å². The molecule has 14 heavy (non-hydrogen) atoms. The van der Waals surface area contributed by atoms with E-state index in [0.717, 1.165) is 5.75 Å². The molecule has 0 amide bonds. The molecule has 0 bridgehead atoms. The van der Waals surface area contributed by atoms with Crippen molar-refractivity contribution in [1.29, 1.82) is 0 Å². The molecule has 0 aromatic heterocycles. The van der Waals surface area contributed by atoms with E-state index in [1.54, 1.807) is 0 Å². The minimum atomic E-state index is 0.241. The summed E-state index contributed by atoms with van der Waals surface area (Å²) in [6, 6.07) is 5.53. The van der Waals surface area contributed by atoms with Crippen molar-refractivity contribution in [3.05, 3.63) is 18.2 Å². The highest BCUT2D eigenvalue weighted by atomic mass is 16.6. The van der Waals surface area contributed by atoms with E-state index >= 15 is 0 Å². The van der Waals surface area contributed by atoms with E-state index in [2.05, 4.69) is 0 Å². The van der Waals surface area contributed by atoms with Crippen LogP contribution in [0, 0.1) is 0 Å². The first kappa shape index (κ1) is 9.15. The Morgan fingerprint density at radius 2 is 2.14 bits per heavy atom. The molecular weight excluding hydrogens is 182 g/mol. The highest BCUT2D eigenvalue weighted by molar-refractivity contribution is 5.51. The van der Waals surface area contributed by atoms with Gasteiger partial charge >= 0.3 is 0 Å². The fraction of sp³-hybridized carbons (Fsp3) is 0.400. The van der Waals surface area contributed by atoms with Crippen LogP contribution >= 0.6 is 0 Å². The first-order chi connectivity index (χ1) is 6.92. The second-order valence-electron chi connectivity index (χ2n) is 2.88. The van der Waals surface area contributed by atoms with Crippen LogP contribution in [0.1, 0.15) is 0 Å². The fourth-order valence-corrected chi connectivity index (χ4v) is 1.32. The Balaban J connectivity index is 2.21. The highest BCUT2D eigenvalue weighted by Gasteiger charge is 2.16. The van der Waals surface area contributed by atoms with Gasteiger partial charge in [-0.2, -0.15) is 0 Å². The van der Waals surface area contributed by atoms with Crippen molar-refractivity contribution >= 4 is 0 Å². The van der Waals surface area contributed by atoms with Gasteiger partial charge in [-0.25, -0.2) is 0 Å². The molecule has 2 rings (SSSR count). The second kappa shape index (κ2) is 4.19. The Morgan fingerprint density at radius 3 is 3.00 bits per heavy atom. The number of benzene rings is 1. The van der Waals surface area contributed by atoms with Gasteiger partial charge in [0.15, 0.2) is 11.5 Å². The molecule has 1 aliphatic rings. The molecule has 0 fully saturated rings. The third-order valence-electron chi connectivity index (χ3n) is 1.89. The Bertz CT molecular complexity index is 314. The van der Waals surface area contributed by atoms with Crippen LogP contribution in [0.15, 0.2) is 18.2 Å². The Kier molecular flexibility index (Phi) is 2.74. The number of hydrogen-bond acceptors (Lipinski definition) is 3. The predicted octanol–water partition coefficient (Wildman–Crippen LogP) is 1.12. The number of fused-ring (bicyclic) bond motifs is 1. The van der Waals surface area contributed by atoms with Crippen molar-refractivity contribution in [1.82, 2.24) is 5.73 Å². The molecule has 75 valence electrons. The van der Waals surface area contributed by atoms with E-state index in [9.17, 15) is 0 Å². The van der Waals surface area contributed by atoms with Crippen molar-refractivity contribution in [3.8, 4) is 17.2 Å². The monoisotopic (exact) mass is 194 g/mol. The van der Waals surface area contributed by atoms with Crippen LogP contribution in [0.4, 0.5) is 0 Å². The van der Waals surface area contributed by atoms with E-state index in [0.29, 0.717) is 31.3 Å². The molecule has 0 atom stereocenters. The summed E-state index contributed by atoms with van der Waals surface area (Å²) >= 11 is 0. The van der Waals surface area contributed by atoms with Crippen LogP contribution in [0.5, 0.6) is 17.2 Å². The lowest BCUT2D eigenvalue weighted by Gasteiger charge is -2.20. The van der Waals surface area contributed by atoms with Gasteiger partial charge in [0.1, 0.15) is 19.8 Å². The van der Waals surface area contributed by atoms with Crippen LogP contribution in [0.25, 0.3) is 0 Å². The van der Waals surface area contributed by atoms with E-state index in [4.69, 9.17) is 19.9 Å². The largest absolute Gasteiger partial charge is 0.488 e. The molecule has 1 N–H and O–H groups in total. The summed E-state index contributed by atoms with van der Waals surface area (Å²) in [5.74, 6) is 2.04. The third-order valence-corrected chi connectivity index (χ3v) is 1.89. The molecule has 1 heterocycles. The number of rotatable bonds is 3. The topological polar surface area (TPSA) is 51.5 Å². The Morgan fingerprint density at radius 1 is 1.29 bits per heavy atom. The number of hydrogen-bond donors (Lipinski definition) is 0. The molecule has 0 saturated heterocycles. The van der Waals surface area contributed by atoms with E-state index in [1.165, 1.54) is 0 Å². The average Bonchev–Trinajstić information content (AvgIpc) is 2.26. The van der Waals surface area contributed by atoms with Crippen LogP contribution in [0.2, 0.25) is 0 Å². The maximum atomic E-state index is 6.99. The van der Waals surface area contributed by atoms with E-state index < -0.39 is 0 Å². The Hall–Kier alpha value is -1.42. The first-order valence-electron chi connectivity index (χ1n) is 4.58. The van der Waals surface area contributed by atoms with Crippen LogP contribution in [-0.2, 0) is 0 Å². The average molecular weight is 194 g/mol. The van der Waals surface area contributed by atoms with Crippen molar-refractivity contribution in [3.63, 3.8) is 0 Å².